The fourth-order valence-corrected chi connectivity index (χ4v) is 3.48. The first-order chi connectivity index (χ1) is 14.4. The zero-order valence-electron chi connectivity index (χ0n) is 15.6. The summed E-state index contributed by atoms with van der Waals surface area (Å²) in [6.07, 6.45) is 0. The van der Waals surface area contributed by atoms with E-state index in [0.29, 0.717) is 22.0 Å². The summed E-state index contributed by atoms with van der Waals surface area (Å²) in [6, 6.07) is 19.8. The Morgan fingerprint density at radius 3 is 2.27 bits per heavy atom. The van der Waals surface area contributed by atoms with Crippen LogP contribution in [-0.4, -0.2) is 28.6 Å². The van der Waals surface area contributed by atoms with Crippen molar-refractivity contribution >= 4 is 52.5 Å². The van der Waals surface area contributed by atoms with Gasteiger partial charge in [-0.2, -0.15) is 0 Å². The van der Waals surface area contributed by atoms with E-state index in [-0.39, 0.29) is 23.1 Å². The highest BCUT2D eigenvalue weighted by Crippen LogP contribution is 2.23. The Labute approximate surface area is 182 Å². The van der Waals surface area contributed by atoms with Gasteiger partial charge >= 0.3 is 5.97 Å². The molecule has 8 heteroatoms. The third kappa shape index (κ3) is 6.10. The van der Waals surface area contributed by atoms with Crippen LogP contribution in [-0.2, 0) is 4.79 Å². The molecule has 0 aromatic heterocycles. The molecule has 0 heterocycles. The third-order valence-electron chi connectivity index (χ3n) is 3.96. The first-order valence-electron chi connectivity index (χ1n) is 8.84. The highest BCUT2D eigenvalue weighted by molar-refractivity contribution is 8.00. The van der Waals surface area contributed by atoms with Gasteiger partial charge in [-0.15, -0.1) is 11.8 Å². The monoisotopic (exact) mass is 440 g/mol. The van der Waals surface area contributed by atoms with Gasteiger partial charge in [0.2, 0.25) is 5.91 Å². The fourth-order valence-electron chi connectivity index (χ4n) is 2.54. The topological polar surface area (TPSA) is 95.5 Å². The number of rotatable bonds is 7. The molecule has 2 amide bonds. The first-order valence-corrected chi connectivity index (χ1v) is 10.2. The molecule has 0 fully saturated rings. The number of carboxylic acid groups (broad SMARTS) is 1. The summed E-state index contributed by atoms with van der Waals surface area (Å²) in [5.41, 5.74) is 1.73. The summed E-state index contributed by atoms with van der Waals surface area (Å²) >= 11 is 7.24. The van der Waals surface area contributed by atoms with Gasteiger partial charge in [-0.3, -0.25) is 9.59 Å². The van der Waals surface area contributed by atoms with Crippen LogP contribution < -0.4 is 10.6 Å². The molecule has 0 saturated carbocycles. The summed E-state index contributed by atoms with van der Waals surface area (Å²) in [4.78, 5) is 36.2. The zero-order chi connectivity index (χ0) is 21.5. The van der Waals surface area contributed by atoms with Crippen LogP contribution in [0.3, 0.4) is 0 Å². The average Bonchev–Trinajstić information content (AvgIpc) is 2.73. The van der Waals surface area contributed by atoms with Crippen molar-refractivity contribution in [1.82, 2.24) is 0 Å². The minimum Gasteiger partial charge on any atom is -0.478 e. The molecule has 3 N–H and O–H groups in total. The molecule has 6 nitrogen and oxygen atoms in total. The van der Waals surface area contributed by atoms with Crippen molar-refractivity contribution < 1.29 is 19.5 Å². The van der Waals surface area contributed by atoms with E-state index in [9.17, 15) is 14.4 Å². The molecule has 0 atom stereocenters. The minimum atomic E-state index is -1.02. The molecule has 0 radical (unpaired) electrons. The number of aromatic carboxylic acids is 1. The molecule has 0 aliphatic rings. The van der Waals surface area contributed by atoms with Crippen LogP contribution in [0.4, 0.5) is 11.4 Å². The van der Waals surface area contributed by atoms with Crippen LogP contribution in [0, 0.1) is 0 Å². The number of thioether (sulfide) groups is 1. The molecule has 0 aliphatic carbocycles. The highest BCUT2D eigenvalue weighted by atomic mass is 35.5. The van der Waals surface area contributed by atoms with Crippen molar-refractivity contribution in [3.63, 3.8) is 0 Å². The van der Waals surface area contributed by atoms with E-state index >= 15 is 0 Å². The predicted molar refractivity (Wildman–Crippen MR) is 119 cm³/mol. The standard InChI is InChI=1S/C22H17ClN2O4S/c23-16-4-1-3-15(11-16)21(27)25-18-5-2-6-19(12-18)30-13-20(26)24-17-9-7-14(8-10-17)22(28)29/h1-12H,13H2,(H,24,26)(H,25,27)(H,28,29). The largest absolute Gasteiger partial charge is 0.478 e. The van der Waals surface area contributed by atoms with E-state index in [4.69, 9.17) is 16.7 Å². The Hall–Kier alpha value is -3.29. The van der Waals surface area contributed by atoms with Crippen LogP contribution in [0.25, 0.3) is 0 Å². The zero-order valence-corrected chi connectivity index (χ0v) is 17.2. The number of hydrogen-bond donors (Lipinski definition) is 3. The lowest BCUT2D eigenvalue weighted by Gasteiger charge is -2.08. The van der Waals surface area contributed by atoms with E-state index in [1.54, 1.807) is 42.5 Å². The van der Waals surface area contributed by atoms with Gasteiger partial charge in [-0.05, 0) is 60.7 Å². The molecule has 0 saturated heterocycles. The van der Waals surface area contributed by atoms with Crippen molar-refractivity contribution in [1.29, 1.82) is 0 Å². The van der Waals surface area contributed by atoms with Crippen molar-refractivity contribution in [2.24, 2.45) is 0 Å². The van der Waals surface area contributed by atoms with Crippen LogP contribution >= 0.6 is 23.4 Å². The summed E-state index contributed by atoms with van der Waals surface area (Å²) < 4.78 is 0. The van der Waals surface area contributed by atoms with Crippen LogP contribution in [0.1, 0.15) is 20.7 Å². The Bertz CT molecular complexity index is 1090. The number of amides is 2. The number of halogens is 1. The SMILES string of the molecule is O=C(CSc1cccc(NC(=O)c2cccc(Cl)c2)c1)Nc1ccc(C(=O)O)cc1. The number of hydrogen-bond acceptors (Lipinski definition) is 4. The maximum atomic E-state index is 12.3. The molecule has 0 spiro atoms. The second-order valence-corrected chi connectivity index (χ2v) is 7.70. The molecule has 3 aromatic rings. The highest BCUT2D eigenvalue weighted by Gasteiger charge is 2.09. The van der Waals surface area contributed by atoms with Gasteiger partial charge in [-0.25, -0.2) is 4.79 Å². The van der Waals surface area contributed by atoms with Gasteiger partial charge in [0, 0.05) is 26.9 Å². The molecule has 3 aromatic carbocycles. The lowest BCUT2D eigenvalue weighted by molar-refractivity contribution is -0.113. The summed E-state index contributed by atoms with van der Waals surface area (Å²) in [5.74, 6) is -1.36. The Morgan fingerprint density at radius 1 is 0.833 bits per heavy atom. The van der Waals surface area contributed by atoms with Gasteiger partial charge in [0.25, 0.3) is 5.91 Å². The third-order valence-corrected chi connectivity index (χ3v) is 5.19. The van der Waals surface area contributed by atoms with Crippen molar-refractivity contribution in [2.75, 3.05) is 16.4 Å². The molecular formula is C22H17ClN2O4S. The molecular weight excluding hydrogens is 424 g/mol. The number of benzene rings is 3. The normalized spacial score (nSPS) is 10.3. The van der Waals surface area contributed by atoms with Gasteiger partial charge in [-0.1, -0.05) is 23.7 Å². The first kappa shape index (κ1) is 21.4. The van der Waals surface area contributed by atoms with Crippen molar-refractivity contribution in [2.45, 2.75) is 4.90 Å². The average molecular weight is 441 g/mol. The van der Waals surface area contributed by atoms with Crippen molar-refractivity contribution in [3.8, 4) is 0 Å². The number of carbonyl (C=O) groups excluding carboxylic acids is 2. The lowest BCUT2D eigenvalue weighted by atomic mass is 10.2. The molecule has 0 bridgehead atoms. The quantitative estimate of drug-likeness (QED) is 0.448. The Morgan fingerprint density at radius 2 is 1.57 bits per heavy atom. The van der Waals surface area contributed by atoms with E-state index in [1.165, 1.54) is 36.0 Å². The molecule has 30 heavy (non-hydrogen) atoms. The molecule has 0 aliphatic heterocycles. The maximum absolute atomic E-state index is 12.3. The number of nitrogens with one attached hydrogen (secondary N) is 2. The van der Waals surface area contributed by atoms with Gasteiger partial charge < -0.3 is 15.7 Å². The van der Waals surface area contributed by atoms with Crippen LogP contribution in [0.15, 0.2) is 77.7 Å². The van der Waals surface area contributed by atoms with Crippen LogP contribution in [0.5, 0.6) is 0 Å². The molecule has 152 valence electrons. The fraction of sp³-hybridized carbons (Fsp3) is 0.0455. The second-order valence-electron chi connectivity index (χ2n) is 6.21. The smallest absolute Gasteiger partial charge is 0.335 e. The van der Waals surface area contributed by atoms with E-state index in [0.717, 1.165) is 4.90 Å². The van der Waals surface area contributed by atoms with Crippen molar-refractivity contribution in [3.05, 3.63) is 88.9 Å². The van der Waals surface area contributed by atoms with E-state index < -0.39 is 5.97 Å². The van der Waals surface area contributed by atoms with E-state index in [2.05, 4.69) is 10.6 Å². The van der Waals surface area contributed by atoms with Gasteiger partial charge in [0.05, 0.1) is 11.3 Å². The number of carboxylic acids is 1. The Kier molecular flexibility index (Phi) is 7.11. The van der Waals surface area contributed by atoms with Gasteiger partial charge in [0.1, 0.15) is 0 Å². The maximum Gasteiger partial charge on any atom is 0.335 e. The number of anilines is 2. The minimum absolute atomic E-state index is 0.152. The molecule has 0 unspecified atom stereocenters. The summed E-state index contributed by atoms with van der Waals surface area (Å²) in [5, 5.41) is 14.9. The molecule has 3 rings (SSSR count). The Balaban J connectivity index is 1.55. The van der Waals surface area contributed by atoms with Crippen LogP contribution in [0.2, 0.25) is 5.02 Å². The summed E-state index contributed by atoms with van der Waals surface area (Å²) in [7, 11) is 0. The van der Waals surface area contributed by atoms with E-state index in [1.807, 2.05) is 6.07 Å². The summed E-state index contributed by atoms with van der Waals surface area (Å²) in [6.45, 7) is 0. The predicted octanol–water partition coefficient (Wildman–Crippen LogP) is 5.02. The number of carbonyl (C=O) groups is 3. The second kappa shape index (κ2) is 9.96. The van der Waals surface area contributed by atoms with Gasteiger partial charge in [0.15, 0.2) is 0 Å². The lowest BCUT2D eigenvalue weighted by Crippen LogP contribution is -2.14.